The van der Waals surface area contributed by atoms with Crippen LogP contribution in [-0.2, 0) is 7.05 Å². The topological polar surface area (TPSA) is 55.6 Å². The zero-order valence-corrected chi connectivity index (χ0v) is 10.6. The van der Waals surface area contributed by atoms with Crippen molar-refractivity contribution in [2.24, 2.45) is 7.05 Å². The van der Waals surface area contributed by atoms with Crippen LogP contribution in [-0.4, -0.2) is 26.8 Å². The Morgan fingerprint density at radius 2 is 2.12 bits per heavy atom. The molecule has 0 saturated heterocycles. The number of nitrogens with zero attached hydrogens (tertiary/aromatic N) is 4. The molecule has 2 heterocycles. The molecule has 0 spiro atoms. The Bertz CT molecular complexity index is 517. The van der Waals surface area contributed by atoms with Crippen LogP contribution in [0.4, 0.5) is 0 Å². The summed E-state index contributed by atoms with van der Waals surface area (Å²) < 4.78 is 1.75. The van der Waals surface area contributed by atoms with E-state index in [0.717, 1.165) is 22.6 Å². The SMILES string of the molecule is CNC(C)c1cnc(-c2cnn(C)c2)nc1C. The first kappa shape index (κ1) is 11.7. The number of nitrogens with one attached hydrogen (secondary N) is 1. The molecule has 1 N–H and O–H groups in total. The summed E-state index contributed by atoms with van der Waals surface area (Å²) in [5.74, 6) is 0.725. The Morgan fingerprint density at radius 1 is 1.35 bits per heavy atom. The molecule has 0 radical (unpaired) electrons. The van der Waals surface area contributed by atoms with Crippen molar-refractivity contribution in [2.45, 2.75) is 19.9 Å². The van der Waals surface area contributed by atoms with Crippen LogP contribution >= 0.6 is 0 Å². The molecule has 0 aliphatic rings. The van der Waals surface area contributed by atoms with E-state index in [0.29, 0.717) is 0 Å². The highest BCUT2D eigenvalue weighted by atomic mass is 15.2. The largest absolute Gasteiger partial charge is 0.313 e. The molecule has 2 aromatic rings. The average molecular weight is 231 g/mol. The van der Waals surface area contributed by atoms with Crippen LogP contribution < -0.4 is 5.32 Å². The molecule has 0 fully saturated rings. The van der Waals surface area contributed by atoms with E-state index in [-0.39, 0.29) is 6.04 Å². The third-order valence-corrected chi connectivity index (χ3v) is 2.88. The van der Waals surface area contributed by atoms with Gasteiger partial charge in [0.25, 0.3) is 0 Å². The molecule has 1 atom stereocenters. The lowest BCUT2D eigenvalue weighted by molar-refractivity contribution is 0.641. The summed E-state index contributed by atoms with van der Waals surface area (Å²) in [4.78, 5) is 8.91. The van der Waals surface area contributed by atoms with E-state index in [1.54, 1.807) is 10.9 Å². The van der Waals surface area contributed by atoms with Gasteiger partial charge in [-0.25, -0.2) is 9.97 Å². The van der Waals surface area contributed by atoms with Crippen molar-refractivity contribution in [1.29, 1.82) is 0 Å². The molecule has 0 bridgehead atoms. The first-order valence-electron chi connectivity index (χ1n) is 5.61. The third-order valence-electron chi connectivity index (χ3n) is 2.88. The fourth-order valence-corrected chi connectivity index (χ4v) is 1.73. The summed E-state index contributed by atoms with van der Waals surface area (Å²) in [6.45, 7) is 4.10. The van der Waals surface area contributed by atoms with Gasteiger partial charge in [-0.05, 0) is 20.9 Å². The Morgan fingerprint density at radius 3 is 2.65 bits per heavy atom. The fraction of sp³-hybridized carbons (Fsp3) is 0.417. The quantitative estimate of drug-likeness (QED) is 0.869. The van der Waals surface area contributed by atoms with Gasteiger partial charge in [0.2, 0.25) is 0 Å². The second-order valence-electron chi connectivity index (χ2n) is 4.15. The molecule has 0 aromatic carbocycles. The minimum atomic E-state index is 0.262. The smallest absolute Gasteiger partial charge is 0.162 e. The molecule has 2 aromatic heterocycles. The maximum Gasteiger partial charge on any atom is 0.162 e. The highest BCUT2D eigenvalue weighted by Crippen LogP contribution is 2.18. The van der Waals surface area contributed by atoms with Crippen LogP contribution in [0.15, 0.2) is 18.6 Å². The summed E-state index contributed by atoms with van der Waals surface area (Å²) in [5, 5.41) is 7.31. The molecule has 0 amide bonds. The highest BCUT2D eigenvalue weighted by Gasteiger charge is 2.10. The predicted molar refractivity (Wildman–Crippen MR) is 66.4 cm³/mol. The van der Waals surface area contributed by atoms with E-state index < -0.39 is 0 Å². The molecular formula is C12H17N5. The van der Waals surface area contributed by atoms with Gasteiger partial charge in [-0.3, -0.25) is 4.68 Å². The summed E-state index contributed by atoms with van der Waals surface area (Å²) >= 11 is 0. The molecule has 0 aliphatic heterocycles. The first-order chi connectivity index (χ1) is 8.11. The van der Waals surface area contributed by atoms with Gasteiger partial charge in [-0.2, -0.15) is 5.10 Å². The second-order valence-corrected chi connectivity index (χ2v) is 4.15. The summed E-state index contributed by atoms with van der Waals surface area (Å²) in [5.41, 5.74) is 3.07. The molecule has 1 unspecified atom stereocenters. The van der Waals surface area contributed by atoms with Crippen LogP contribution in [0.25, 0.3) is 11.4 Å². The monoisotopic (exact) mass is 231 g/mol. The van der Waals surface area contributed by atoms with Crippen LogP contribution in [0.2, 0.25) is 0 Å². The summed E-state index contributed by atoms with van der Waals surface area (Å²) in [7, 11) is 3.81. The number of hydrogen-bond donors (Lipinski definition) is 1. The van der Waals surface area contributed by atoms with Gasteiger partial charge in [0.1, 0.15) is 0 Å². The maximum atomic E-state index is 4.52. The van der Waals surface area contributed by atoms with Crippen molar-refractivity contribution in [3.8, 4) is 11.4 Å². The number of hydrogen-bond acceptors (Lipinski definition) is 4. The minimum Gasteiger partial charge on any atom is -0.313 e. The van der Waals surface area contributed by atoms with Gasteiger partial charge in [0.05, 0.1) is 11.8 Å². The van der Waals surface area contributed by atoms with Crippen LogP contribution in [0, 0.1) is 6.92 Å². The van der Waals surface area contributed by atoms with Crippen molar-refractivity contribution in [3.05, 3.63) is 29.8 Å². The van der Waals surface area contributed by atoms with Crippen molar-refractivity contribution < 1.29 is 0 Å². The fourth-order valence-electron chi connectivity index (χ4n) is 1.73. The van der Waals surface area contributed by atoms with E-state index in [1.807, 2.05) is 33.4 Å². The Labute approximate surface area is 101 Å². The van der Waals surface area contributed by atoms with Gasteiger partial charge in [-0.1, -0.05) is 0 Å². The van der Waals surface area contributed by atoms with E-state index in [1.165, 1.54) is 0 Å². The average Bonchev–Trinajstić information content (AvgIpc) is 2.75. The van der Waals surface area contributed by atoms with Gasteiger partial charge in [0, 0.05) is 36.7 Å². The molecule has 5 heteroatoms. The summed E-state index contributed by atoms with van der Waals surface area (Å²) in [6, 6.07) is 0.262. The lowest BCUT2D eigenvalue weighted by Crippen LogP contribution is -2.14. The standard InChI is InChI=1S/C12H17N5/c1-8(13-3)11-6-14-12(16-9(11)2)10-5-15-17(4)7-10/h5-8,13H,1-4H3. The van der Waals surface area contributed by atoms with Crippen LogP contribution in [0.1, 0.15) is 24.2 Å². The molecule has 5 nitrogen and oxygen atoms in total. The maximum absolute atomic E-state index is 4.52. The Balaban J connectivity index is 2.37. The van der Waals surface area contributed by atoms with E-state index >= 15 is 0 Å². The van der Waals surface area contributed by atoms with Gasteiger partial charge in [-0.15, -0.1) is 0 Å². The molecule has 0 saturated carbocycles. The summed E-state index contributed by atoms with van der Waals surface area (Å²) in [6.07, 6.45) is 5.57. The van der Waals surface area contributed by atoms with Crippen LogP contribution in [0.5, 0.6) is 0 Å². The van der Waals surface area contributed by atoms with Gasteiger partial charge in [0.15, 0.2) is 5.82 Å². The Hall–Kier alpha value is -1.75. The first-order valence-corrected chi connectivity index (χ1v) is 5.61. The predicted octanol–water partition coefficient (Wildman–Crippen LogP) is 1.47. The van der Waals surface area contributed by atoms with E-state index in [4.69, 9.17) is 0 Å². The third kappa shape index (κ3) is 2.34. The Kier molecular flexibility index (Phi) is 3.19. The molecular weight excluding hydrogens is 214 g/mol. The molecule has 17 heavy (non-hydrogen) atoms. The van der Waals surface area contributed by atoms with Crippen molar-refractivity contribution >= 4 is 0 Å². The van der Waals surface area contributed by atoms with Crippen LogP contribution in [0.3, 0.4) is 0 Å². The van der Waals surface area contributed by atoms with E-state index in [2.05, 4.69) is 27.3 Å². The molecule has 0 aliphatic carbocycles. The minimum absolute atomic E-state index is 0.262. The number of rotatable bonds is 3. The lowest BCUT2D eigenvalue weighted by atomic mass is 10.1. The van der Waals surface area contributed by atoms with Gasteiger partial charge < -0.3 is 5.32 Å². The second kappa shape index (κ2) is 4.63. The van der Waals surface area contributed by atoms with Crippen molar-refractivity contribution in [1.82, 2.24) is 25.1 Å². The normalized spacial score (nSPS) is 12.7. The zero-order valence-electron chi connectivity index (χ0n) is 10.6. The van der Waals surface area contributed by atoms with Gasteiger partial charge >= 0.3 is 0 Å². The lowest BCUT2D eigenvalue weighted by Gasteiger charge is -2.12. The number of aryl methyl sites for hydroxylation is 2. The molecule has 90 valence electrons. The van der Waals surface area contributed by atoms with E-state index in [9.17, 15) is 0 Å². The number of aromatic nitrogens is 4. The molecule has 2 rings (SSSR count). The highest BCUT2D eigenvalue weighted by molar-refractivity contribution is 5.52. The zero-order chi connectivity index (χ0) is 12.4. The van der Waals surface area contributed by atoms with Crippen molar-refractivity contribution in [2.75, 3.05) is 7.05 Å². The van der Waals surface area contributed by atoms with Crippen molar-refractivity contribution in [3.63, 3.8) is 0 Å².